The quantitative estimate of drug-likeness (QED) is 0.880. The number of para-hydroxylation sites is 1. The molecule has 3 rings (SSSR count). The predicted octanol–water partition coefficient (Wildman–Crippen LogP) is 3.59. The highest BCUT2D eigenvalue weighted by Crippen LogP contribution is 2.35. The van der Waals surface area contributed by atoms with Crippen molar-refractivity contribution in [3.8, 4) is 5.75 Å². The van der Waals surface area contributed by atoms with Gasteiger partial charge in [0, 0.05) is 18.2 Å². The van der Waals surface area contributed by atoms with Gasteiger partial charge in [0.15, 0.2) is 0 Å². The van der Waals surface area contributed by atoms with Crippen molar-refractivity contribution in [1.82, 2.24) is 5.32 Å². The summed E-state index contributed by atoms with van der Waals surface area (Å²) in [6, 6.07) is 15.0. The summed E-state index contributed by atoms with van der Waals surface area (Å²) in [4.78, 5) is 25.9. The van der Waals surface area contributed by atoms with Crippen LogP contribution in [0.5, 0.6) is 5.75 Å². The van der Waals surface area contributed by atoms with E-state index in [1.165, 1.54) is 12.5 Å². The Morgan fingerprint density at radius 3 is 2.41 bits per heavy atom. The predicted molar refractivity (Wildman–Crippen MR) is 106 cm³/mol. The number of rotatable bonds is 5. The molecule has 5 heteroatoms. The van der Waals surface area contributed by atoms with Crippen molar-refractivity contribution < 1.29 is 14.3 Å². The maximum Gasteiger partial charge on any atom is 0.254 e. The molecule has 2 aromatic rings. The van der Waals surface area contributed by atoms with Crippen LogP contribution in [0.15, 0.2) is 48.5 Å². The van der Waals surface area contributed by atoms with Gasteiger partial charge in [0.1, 0.15) is 18.4 Å². The van der Waals surface area contributed by atoms with Crippen molar-refractivity contribution in [2.75, 3.05) is 18.1 Å². The summed E-state index contributed by atoms with van der Waals surface area (Å²) in [5.74, 6) is 0.430. The standard InChI is InChI=1S/C22H26N2O3/c1-15(25)23-20-18-7-5-6-8-19(18)24(21(20)26)13-14-27-17-11-9-16(10-12-17)22(2,3)4/h5-12,20H,13-14H2,1-4H3,(H,23,25). The third kappa shape index (κ3) is 4.13. The number of hydrogen-bond donors (Lipinski definition) is 1. The van der Waals surface area contributed by atoms with Gasteiger partial charge in [-0.25, -0.2) is 0 Å². The van der Waals surface area contributed by atoms with Gasteiger partial charge in [-0.15, -0.1) is 0 Å². The summed E-state index contributed by atoms with van der Waals surface area (Å²) in [5.41, 5.74) is 3.00. The van der Waals surface area contributed by atoms with Crippen molar-refractivity contribution in [2.24, 2.45) is 0 Å². The SMILES string of the molecule is CC(=O)NC1C(=O)N(CCOc2ccc(C(C)(C)C)cc2)c2ccccc21. The van der Waals surface area contributed by atoms with Crippen LogP contribution < -0.4 is 15.0 Å². The second-order valence-corrected chi connectivity index (χ2v) is 7.81. The van der Waals surface area contributed by atoms with Gasteiger partial charge < -0.3 is 15.0 Å². The molecular formula is C22H26N2O3. The summed E-state index contributed by atoms with van der Waals surface area (Å²) in [5, 5.41) is 2.74. The average Bonchev–Trinajstić information content (AvgIpc) is 2.87. The van der Waals surface area contributed by atoms with Crippen LogP contribution in [0.1, 0.15) is 44.9 Å². The van der Waals surface area contributed by atoms with Crippen LogP contribution in [0.25, 0.3) is 0 Å². The van der Waals surface area contributed by atoms with Crippen molar-refractivity contribution in [3.63, 3.8) is 0 Å². The number of carbonyl (C=O) groups is 2. The van der Waals surface area contributed by atoms with E-state index in [1.807, 2.05) is 36.4 Å². The molecule has 1 N–H and O–H groups in total. The van der Waals surface area contributed by atoms with E-state index in [4.69, 9.17) is 4.74 Å². The van der Waals surface area contributed by atoms with Gasteiger partial charge in [0.2, 0.25) is 5.91 Å². The molecule has 1 atom stereocenters. The highest BCUT2D eigenvalue weighted by atomic mass is 16.5. The van der Waals surface area contributed by atoms with E-state index in [9.17, 15) is 9.59 Å². The van der Waals surface area contributed by atoms with Crippen LogP contribution in [0.2, 0.25) is 0 Å². The lowest BCUT2D eigenvalue weighted by molar-refractivity contribution is -0.126. The van der Waals surface area contributed by atoms with Crippen molar-refractivity contribution in [1.29, 1.82) is 0 Å². The zero-order valence-electron chi connectivity index (χ0n) is 16.3. The number of nitrogens with one attached hydrogen (secondary N) is 1. The van der Waals surface area contributed by atoms with Crippen LogP contribution in [0.3, 0.4) is 0 Å². The third-order valence-corrected chi connectivity index (χ3v) is 4.70. The molecule has 0 bridgehead atoms. The van der Waals surface area contributed by atoms with Crippen molar-refractivity contribution in [2.45, 2.75) is 39.2 Å². The monoisotopic (exact) mass is 366 g/mol. The number of hydrogen-bond acceptors (Lipinski definition) is 3. The Morgan fingerprint density at radius 1 is 1.11 bits per heavy atom. The van der Waals surface area contributed by atoms with E-state index in [1.54, 1.807) is 4.90 Å². The van der Waals surface area contributed by atoms with Crippen molar-refractivity contribution >= 4 is 17.5 Å². The van der Waals surface area contributed by atoms with E-state index in [0.717, 1.165) is 17.0 Å². The fourth-order valence-corrected chi connectivity index (χ4v) is 3.26. The molecule has 0 fully saturated rings. The number of carbonyl (C=O) groups excluding carboxylic acids is 2. The molecule has 142 valence electrons. The molecule has 1 aliphatic rings. The third-order valence-electron chi connectivity index (χ3n) is 4.70. The lowest BCUT2D eigenvalue weighted by Crippen LogP contribution is -2.38. The largest absolute Gasteiger partial charge is 0.492 e. The normalized spacial score (nSPS) is 16.2. The maximum atomic E-state index is 12.8. The molecular weight excluding hydrogens is 340 g/mol. The molecule has 1 heterocycles. The highest BCUT2D eigenvalue weighted by Gasteiger charge is 2.37. The molecule has 0 aromatic heterocycles. The minimum absolute atomic E-state index is 0.100. The summed E-state index contributed by atoms with van der Waals surface area (Å²) < 4.78 is 5.83. The summed E-state index contributed by atoms with van der Waals surface area (Å²) in [6.45, 7) is 8.73. The van der Waals surface area contributed by atoms with Crippen LogP contribution >= 0.6 is 0 Å². The number of benzene rings is 2. The molecule has 0 spiro atoms. The first kappa shape index (κ1) is 19.0. The number of fused-ring (bicyclic) bond motifs is 1. The van der Waals surface area contributed by atoms with Crippen LogP contribution in [-0.2, 0) is 15.0 Å². The maximum absolute atomic E-state index is 12.8. The molecule has 0 aliphatic carbocycles. The van der Waals surface area contributed by atoms with Crippen LogP contribution in [-0.4, -0.2) is 25.0 Å². The lowest BCUT2D eigenvalue weighted by atomic mass is 9.87. The Labute approximate surface area is 160 Å². The van der Waals surface area contributed by atoms with E-state index in [-0.39, 0.29) is 17.2 Å². The number of amides is 2. The Bertz CT molecular complexity index is 837. The van der Waals surface area contributed by atoms with Crippen molar-refractivity contribution in [3.05, 3.63) is 59.7 Å². The second-order valence-electron chi connectivity index (χ2n) is 7.81. The first-order valence-electron chi connectivity index (χ1n) is 9.18. The summed E-state index contributed by atoms with van der Waals surface area (Å²) in [7, 11) is 0. The zero-order valence-corrected chi connectivity index (χ0v) is 16.3. The topological polar surface area (TPSA) is 58.6 Å². The van der Waals surface area contributed by atoms with Gasteiger partial charge >= 0.3 is 0 Å². The van der Waals surface area contributed by atoms with Crippen LogP contribution in [0.4, 0.5) is 5.69 Å². The Kier molecular flexibility index (Phi) is 5.22. The van der Waals surface area contributed by atoms with Gasteiger partial charge in [0.25, 0.3) is 5.91 Å². The fourth-order valence-electron chi connectivity index (χ4n) is 3.26. The molecule has 2 amide bonds. The molecule has 0 radical (unpaired) electrons. The number of nitrogens with zero attached hydrogens (tertiary/aromatic N) is 1. The van der Waals surface area contributed by atoms with Gasteiger partial charge in [-0.05, 0) is 29.2 Å². The minimum Gasteiger partial charge on any atom is -0.492 e. The molecule has 0 saturated heterocycles. The Morgan fingerprint density at radius 2 is 1.78 bits per heavy atom. The van der Waals surface area contributed by atoms with E-state index in [2.05, 4.69) is 38.2 Å². The van der Waals surface area contributed by atoms with E-state index >= 15 is 0 Å². The van der Waals surface area contributed by atoms with Gasteiger partial charge in [-0.2, -0.15) is 0 Å². The molecule has 2 aromatic carbocycles. The van der Waals surface area contributed by atoms with Gasteiger partial charge in [0.05, 0.1) is 6.54 Å². The Balaban J connectivity index is 1.66. The van der Waals surface area contributed by atoms with Gasteiger partial charge in [-0.1, -0.05) is 51.1 Å². The number of ether oxygens (including phenoxy) is 1. The minimum atomic E-state index is -0.621. The Hall–Kier alpha value is -2.82. The average molecular weight is 366 g/mol. The molecule has 27 heavy (non-hydrogen) atoms. The second kappa shape index (κ2) is 7.43. The van der Waals surface area contributed by atoms with E-state index in [0.29, 0.717) is 13.2 Å². The zero-order chi connectivity index (χ0) is 19.6. The molecule has 5 nitrogen and oxygen atoms in total. The molecule has 1 unspecified atom stereocenters. The fraction of sp³-hybridized carbons (Fsp3) is 0.364. The smallest absolute Gasteiger partial charge is 0.254 e. The number of anilines is 1. The first-order chi connectivity index (χ1) is 12.8. The first-order valence-corrected chi connectivity index (χ1v) is 9.18. The lowest BCUT2D eigenvalue weighted by Gasteiger charge is -2.20. The van der Waals surface area contributed by atoms with E-state index < -0.39 is 6.04 Å². The van der Waals surface area contributed by atoms with Crippen LogP contribution in [0, 0.1) is 0 Å². The highest BCUT2D eigenvalue weighted by molar-refractivity contribution is 6.06. The summed E-state index contributed by atoms with van der Waals surface area (Å²) in [6.07, 6.45) is 0. The molecule has 0 saturated carbocycles. The molecule has 1 aliphatic heterocycles. The summed E-state index contributed by atoms with van der Waals surface area (Å²) >= 11 is 0. The van der Waals surface area contributed by atoms with Gasteiger partial charge in [-0.3, -0.25) is 9.59 Å².